The van der Waals surface area contributed by atoms with E-state index in [9.17, 15) is 4.79 Å². The number of hydrogen-bond donors (Lipinski definition) is 1. The predicted molar refractivity (Wildman–Crippen MR) is 103 cm³/mol. The fourth-order valence-electron chi connectivity index (χ4n) is 3.22. The minimum Gasteiger partial charge on any atom is -0.378 e. The molecule has 1 saturated heterocycles. The number of carbonyl (C=O) groups excluding carboxylic acids is 1. The van der Waals surface area contributed by atoms with Gasteiger partial charge in [0.05, 0.1) is 30.0 Å². The number of fused-ring (bicyclic) bond motifs is 1. The average molecular weight is 347 g/mol. The molecule has 132 valence electrons. The molecule has 1 aliphatic heterocycles. The fraction of sp³-hybridized carbons (Fsp3) is 0.238. The van der Waals surface area contributed by atoms with E-state index in [0.717, 1.165) is 27.8 Å². The Hall–Kier alpha value is -2.92. The molecular weight excluding hydrogens is 326 g/mol. The summed E-state index contributed by atoms with van der Waals surface area (Å²) in [5.41, 5.74) is 4.37. The number of anilines is 2. The van der Waals surface area contributed by atoms with Crippen molar-refractivity contribution < 1.29 is 9.53 Å². The minimum absolute atomic E-state index is 0.0114. The largest absolute Gasteiger partial charge is 0.378 e. The number of nitrogens with zero attached hydrogens (tertiary/aromatic N) is 2. The summed E-state index contributed by atoms with van der Waals surface area (Å²) in [5, 5.41) is 4.42. The Balaban J connectivity index is 1.81. The number of aromatic nitrogens is 1. The van der Waals surface area contributed by atoms with Gasteiger partial charge in [-0.05, 0) is 24.6 Å². The predicted octanol–water partition coefficient (Wildman–Crippen LogP) is 3.76. The molecule has 3 aromatic rings. The number of amides is 1. The number of para-hydroxylation sites is 2. The van der Waals surface area contributed by atoms with Crippen LogP contribution in [0.5, 0.6) is 0 Å². The maximum atomic E-state index is 13.1. The first kappa shape index (κ1) is 16.5. The molecule has 2 aromatic carbocycles. The minimum atomic E-state index is -0.0114. The molecule has 1 aromatic heterocycles. The number of pyridine rings is 1. The second kappa shape index (κ2) is 7.14. The highest BCUT2D eigenvalue weighted by Crippen LogP contribution is 2.31. The van der Waals surface area contributed by atoms with Crippen LogP contribution < -0.4 is 5.32 Å². The molecule has 4 rings (SSSR count). The van der Waals surface area contributed by atoms with E-state index in [2.05, 4.69) is 23.3 Å². The lowest BCUT2D eigenvalue weighted by Crippen LogP contribution is -2.41. The van der Waals surface area contributed by atoms with Crippen molar-refractivity contribution in [2.45, 2.75) is 6.92 Å². The summed E-state index contributed by atoms with van der Waals surface area (Å²) in [4.78, 5) is 19.5. The van der Waals surface area contributed by atoms with E-state index >= 15 is 0 Å². The van der Waals surface area contributed by atoms with E-state index in [4.69, 9.17) is 4.74 Å². The van der Waals surface area contributed by atoms with E-state index < -0.39 is 0 Å². The van der Waals surface area contributed by atoms with Gasteiger partial charge in [-0.15, -0.1) is 0 Å². The van der Waals surface area contributed by atoms with Crippen molar-refractivity contribution in [2.24, 2.45) is 0 Å². The zero-order valence-electron chi connectivity index (χ0n) is 14.7. The van der Waals surface area contributed by atoms with Crippen LogP contribution in [-0.2, 0) is 4.74 Å². The quantitative estimate of drug-likeness (QED) is 0.784. The first-order chi connectivity index (χ1) is 12.7. The van der Waals surface area contributed by atoms with Gasteiger partial charge < -0.3 is 15.0 Å². The van der Waals surface area contributed by atoms with Crippen LogP contribution in [0.3, 0.4) is 0 Å². The summed E-state index contributed by atoms with van der Waals surface area (Å²) in [5.74, 6) is -0.0114. The summed E-state index contributed by atoms with van der Waals surface area (Å²) in [6.07, 6.45) is 1.68. The first-order valence-electron chi connectivity index (χ1n) is 8.81. The molecule has 1 N–H and O–H groups in total. The van der Waals surface area contributed by atoms with Gasteiger partial charge in [0.25, 0.3) is 5.91 Å². The second-order valence-corrected chi connectivity index (χ2v) is 6.41. The average Bonchev–Trinajstić information content (AvgIpc) is 2.70. The molecular formula is C21H21N3O2. The van der Waals surface area contributed by atoms with Gasteiger partial charge in [0.1, 0.15) is 0 Å². The van der Waals surface area contributed by atoms with Crippen LogP contribution in [0.15, 0.2) is 54.7 Å². The summed E-state index contributed by atoms with van der Waals surface area (Å²) in [6.45, 7) is 4.42. The van der Waals surface area contributed by atoms with Crippen molar-refractivity contribution >= 4 is 28.2 Å². The van der Waals surface area contributed by atoms with E-state index in [-0.39, 0.29) is 5.91 Å². The molecule has 0 aliphatic carbocycles. The van der Waals surface area contributed by atoms with E-state index in [1.165, 1.54) is 0 Å². The summed E-state index contributed by atoms with van der Waals surface area (Å²) in [7, 11) is 0. The van der Waals surface area contributed by atoms with Gasteiger partial charge in [0, 0.05) is 30.4 Å². The van der Waals surface area contributed by atoms with Crippen LogP contribution in [0.2, 0.25) is 0 Å². The number of carbonyl (C=O) groups is 1. The fourth-order valence-corrected chi connectivity index (χ4v) is 3.22. The monoisotopic (exact) mass is 347 g/mol. The molecule has 5 nitrogen and oxygen atoms in total. The van der Waals surface area contributed by atoms with Crippen LogP contribution >= 0.6 is 0 Å². The lowest BCUT2D eigenvalue weighted by Gasteiger charge is -2.28. The third-order valence-electron chi connectivity index (χ3n) is 4.71. The van der Waals surface area contributed by atoms with Gasteiger partial charge >= 0.3 is 0 Å². The summed E-state index contributed by atoms with van der Waals surface area (Å²) in [6, 6.07) is 15.9. The first-order valence-corrected chi connectivity index (χ1v) is 8.81. The molecule has 2 heterocycles. The number of rotatable bonds is 3. The highest BCUT2D eigenvalue weighted by Gasteiger charge is 2.23. The Labute approximate surface area is 152 Å². The van der Waals surface area contributed by atoms with E-state index in [1.54, 1.807) is 6.20 Å². The number of aryl methyl sites for hydroxylation is 1. The van der Waals surface area contributed by atoms with Gasteiger partial charge in [-0.25, -0.2) is 0 Å². The summed E-state index contributed by atoms with van der Waals surface area (Å²) >= 11 is 0. The topological polar surface area (TPSA) is 54.5 Å². The van der Waals surface area contributed by atoms with Gasteiger partial charge in [0.2, 0.25) is 0 Å². The molecule has 0 radical (unpaired) electrons. The SMILES string of the molecule is Cc1ccccc1Nc1c(C(=O)N2CCOCC2)cnc2ccccc12. The maximum absolute atomic E-state index is 13.1. The third kappa shape index (κ3) is 3.13. The molecule has 0 bridgehead atoms. The lowest BCUT2D eigenvalue weighted by molar-refractivity contribution is 0.0303. The third-order valence-corrected chi connectivity index (χ3v) is 4.71. The lowest BCUT2D eigenvalue weighted by atomic mass is 10.1. The van der Waals surface area contributed by atoms with Crippen molar-refractivity contribution in [3.8, 4) is 0 Å². The highest BCUT2D eigenvalue weighted by molar-refractivity contribution is 6.08. The van der Waals surface area contributed by atoms with Gasteiger partial charge in [-0.2, -0.15) is 0 Å². The zero-order chi connectivity index (χ0) is 17.9. The molecule has 0 atom stereocenters. The van der Waals surface area contributed by atoms with Crippen molar-refractivity contribution in [1.82, 2.24) is 9.88 Å². The highest BCUT2D eigenvalue weighted by atomic mass is 16.5. The van der Waals surface area contributed by atoms with Crippen LogP contribution in [0, 0.1) is 6.92 Å². The van der Waals surface area contributed by atoms with Crippen LogP contribution in [-0.4, -0.2) is 42.1 Å². The number of morpholine rings is 1. The zero-order valence-corrected chi connectivity index (χ0v) is 14.7. The van der Waals surface area contributed by atoms with Gasteiger partial charge in [0.15, 0.2) is 0 Å². The van der Waals surface area contributed by atoms with Crippen molar-refractivity contribution in [2.75, 3.05) is 31.6 Å². The number of benzene rings is 2. The molecule has 1 fully saturated rings. The normalized spacial score (nSPS) is 14.4. The number of ether oxygens (including phenoxy) is 1. The molecule has 5 heteroatoms. The number of hydrogen-bond acceptors (Lipinski definition) is 4. The second-order valence-electron chi connectivity index (χ2n) is 6.41. The van der Waals surface area contributed by atoms with Crippen LogP contribution in [0.4, 0.5) is 11.4 Å². The van der Waals surface area contributed by atoms with Crippen molar-refractivity contribution in [3.63, 3.8) is 0 Å². The smallest absolute Gasteiger partial charge is 0.257 e. The summed E-state index contributed by atoms with van der Waals surface area (Å²) < 4.78 is 5.37. The standard InChI is InChI=1S/C21H21N3O2/c1-15-6-2-4-8-18(15)23-20-16-7-3-5-9-19(16)22-14-17(20)21(25)24-10-12-26-13-11-24/h2-9,14H,10-13H2,1H3,(H,22,23). The Bertz CT molecular complexity index is 949. The van der Waals surface area contributed by atoms with E-state index in [1.807, 2.05) is 47.4 Å². The molecule has 0 saturated carbocycles. The van der Waals surface area contributed by atoms with Gasteiger partial charge in [-0.1, -0.05) is 36.4 Å². The van der Waals surface area contributed by atoms with Crippen molar-refractivity contribution in [1.29, 1.82) is 0 Å². The Kier molecular flexibility index (Phi) is 4.54. The molecule has 1 aliphatic rings. The van der Waals surface area contributed by atoms with E-state index in [0.29, 0.717) is 31.9 Å². The maximum Gasteiger partial charge on any atom is 0.257 e. The molecule has 1 amide bonds. The molecule has 0 unspecified atom stereocenters. The van der Waals surface area contributed by atoms with Crippen molar-refractivity contribution in [3.05, 3.63) is 65.9 Å². The van der Waals surface area contributed by atoms with Gasteiger partial charge in [-0.3, -0.25) is 9.78 Å². The number of nitrogens with one attached hydrogen (secondary N) is 1. The molecule has 26 heavy (non-hydrogen) atoms. The van der Waals surface area contributed by atoms with Crippen LogP contribution in [0.1, 0.15) is 15.9 Å². The van der Waals surface area contributed by atoms with Crippen LogP contribution in [0.25, 0.3) is 10.9 Å². The Morgan fingerprint density at radius 2 is 1.81 bits per heavy atom. The Morgan fingerprint density at radius 3 is 2.62 bits per heavy atom. The molecule has 0 spiro atoms. The Morgan fingerprint density at radius 1 is 1.08 bits per heavy atom.